The molecule has 22 heavy (non-hydrogen) atoms. The molecule has 0 unspecified atom stereocenters. The van der Waals surface area contributed by atoms with Gasteiger partial charge in [-0.15, -0.1) is 0 Å². The SMILES string of the molecule is CC[NH+]1CCN(C(=O)CSc2nc(C(C)C)cc(=O)[nH]2)CC1. The van der Waals surface area contributed by atoms with Gasteiger partial charge in [0.2, 0.25) is 5.91 Å². The number of hydrogen-bond donors (Lipinski definition) is 2. The summed E-state index contributed by atoms with van der Waals surface area (Å²) in [6.45, 7) is 11.0. The van der Waals surface area contributed by atoms with Gasteiger partial charge in [0.25, 0.3) is 5.56 Å². The summed E-state index contributed by atoms with van der Waals surface area (Å²) in [6.07, 6.45) is 0. The number of amides is 1. The number of hydrogen-bond acceptors (Lipinski definition) is 4. The molecular weight excluding hydrogens is 300 g/mol. The second-order valence-electron chi connectivity index (χ2n) is 5.90. The van der Waals surface area contributed by atoms with Crippen molar-refractivity contribution in [2.45, 2.75) is 31.8 Å². The highest BCUT2D eigenvalue weighted by Gasteiger charge is 2.22. The molecule has 0 spiro atoms. The van der Waals surface area contributed by atoms with E-state index in [1.165, 1.54) is 17.8 Å². The van der Waals surface area contributed by atoms with Crippen molar-refractivity contribution >= 4 is 17.7 Å². The Morgan fingerprint density at radius 2 is 2.14 bits per heavy atom. The van der Waals surface area contributed by atoms with Crippen molar-refractivity contribution < 1.29 is 9.69 Å². The minimum Gasteiger partial charge on any atom is -0.332 e. The lowest BCUT2D eigenvalue weighted by Crippen LogP contribution is -3.14. The Kier molecular flexibility index (Phi) is 6.02. The lowest BCUT2D eigenvalue weighted by atomic mass is 10.1. The van der Waals surface area contributed by atoms with Crippen LogP contribution in [0.4, 0.5) is 0 Å². The van der Waals surface area contributed by atoms with Crippen LogP contribution in [0.2, 0.25) is 0 Å². The van der Waals surface area contributed by atoms with Gasteiger partial charge in [-0.1, -0.05) is 25.6 Å². The first-order valence-corrected chi connectivity index (χ1v) is 8.83. The molecule has 7 heteroatoms. The van der Waals surface area contributed by atoms with E-state index in [9.17, 15) is 9.59 Å². The van der Waals surface area contributed by atoms with Gasteiger partial charge in [0.1, 0.15) is 0 Å². The number of H-pyrrole nitrogens is 1. The predicted molar refractivity (Wildman–Crippen MR) is 87.5 cm³/mol. The number of aromatic nitrogens is 2. The number of aromatic amines is 1. The average molecular weight is 325 g/mol. The Morgan fingerprint density at radius 1 is 1.45 bits per heavy atom. The molecule has 2 heterocycles. The van der Waals surface area contributed by atoms with Crippen LogP contribution in [0.5, 0.6) is 0 Å². The molecule has 1 aromatic rings. The lowest BCUT2D eigenvalue weighted by molar-refractivity contribution is -0.902. The van der Waals surface area contributed by atoms with E-state index in [1.807, 2.05) is 18.7 Å². The van der Waals surface area contributed by atoms with E-state index >= 15 is 0 Å². The number of nitrogens with one attached hydrogen (secondary N) is 2. The largest absolute Gasteiger partial charge is 0.332 e. The fourth-order valence-corrected chi connectivity index (χ4v) is 3.25. The molecule has 1 aliphatic rings. The summed E-state index contributed by atoms with van der Waals surface area (Å²) in [7, 11) is 0. The Morgan fingerprint density at radius 3 is 2.73 bits per heavy atom. The van der Waals surface area contributed by atoms with Crippen LogP contribution in [0.1, 0.15) is 32.4 Å². The number of rotatable bonds is 5. The van der Waals surface area contributed by atoms with Crippen molar-refractivity contribution in [3.05, 3.63) is 22.1 Å². The number of carbonyl (C=O) groups excluding carboxylic acids is 1. The molecule has 6 nitrogen and oxygen atoms in total. The van der Waals surface area contributed by atoms with Crippen molar-refractivity contribution in [2.75, 3.05) is 38.5 Å². The number of thioether (sulfide) groups is 1. The summed E-state index contributed by atoms with van der Waals surface area (Å²) in [4.78, 5) is 34.4. The van der Waals surface area contributed by atoms with Gasteiger partial charge in [-0.05, 0) is 12.8 Å². The molecule has 0 saturated carbocycles. The Balaban J connectivity index is 1.90. The van der Waals surface area contributed by atoms with Gasteiger partial charge >= 0.3 is 0 Å². The van der Waals surface area contributed by atoms with Crippen LogP contribution in [0.3, 0.4) is 0 Å². The van der Waals surface area contributed by atoms with Crippen molar-refractivity contribution in [3.8, 4) is 0 Å². The van der Waals surface area contributed by atoms with Crippen LogP contribution in [-0.2, 0) is 4.79 Å². The van der Waals surface area contributed by atoms with Gasteiger partial charge < -0.3 is 14.8 Å². The molecular formula is C15H25N4O2S+. The summed E-state index contributed by atoms with van der Waals surface area (Å²) in [5, 5.41) is 0.530. The molecule has 0 atom stereocenters. The fourth-order valence-electron chi connectivity index (χ4n) is 2.46. The van der Waals surface area contributed by atoms with Gasteiger partial charge in [0.05, 0.1) is 44.2 Å². The molecule has 0 radical (unpaired) electrons. The Bertz CT molecular complexity index is 565. The third-order valence-corrected chi connectivity index (χ3v) is 4.84. The number of quaternary nitrogens is 1. The molecule has 1 saturated heterocycles. The zero-order chi connectivity index (χ0) is 16.1. The fraction of sp³-hybridized carbons (Fsp3) is 0.667. The molecule has 0 bridgehead atoms. The number of nitrogens with zero attached hydrogens (tertiary/aromatic N) is 2. The van der Waals surface area contributed by atoms with Gasteiger partial charge in [-0.2, -0.15) is 0 Å². The number of carbonyl (C=O) groups is 1. The van der Waals surface area contributed by atoms with E-state index in [-0.39, 0.29) is 17.4 Å². The summed E-state index contributed by atoms with van der Waals surface area (Å²) in [5.41, 5.74) is 0.604. The molecule has 1 aromatic heterocycles. The maximum Gasteiger partial charge on any atom is 0.251 e. The third kappa shape index (κ3) is 4.58. The minimum atomic E-state index is -0.159. The summed E-state index contributed by atoms with van der Waals surface area (Å²) < 4.78 is 0. The van der Waals surface area contributed by atoms with E-state index < -0.39 is 0 Å². The van der Waals surface area contributed by atoms with Crippen LogP contribution < -0.4 is 10.5 Å². The summed E-state index contributed by atoms with van der Waals surface area (Å²) in [6, 6.07) is 1.52. The third-order valence-electron chi connectivity index (χ3n) is 3.99. The van der Waals surface area contributed by atoms with Gasteiger partial charge in [0, 0.05) is 6.07 Å². The summed E-state index contributed by atoms with van der Waals surface area (Å²) in [5.74, 6) is 0.645. The molecule has 1 fully saturated rings. The smallest absolute Gasteiger partial charge is 0.251 e. The maximum absolute atomic E-state index is 12.2. The monoisotopic (exact) mass is 325 g/mol. The zero-order valence-corrected chi connectivity index (χ0v) is 14.3. The molecule has 122 valence electrons. The van der Waals surface area contributed by atoms with Gasteiger partial charge in [-0.3, -0.25) is 9.59 Å². The zero-order valence-electron chi connectivity index (χ0n) is 13.5. The highest BCUT2D eigenvalue weighted by atomic mass is 32.2. The molecule has 1 aliphatic heterocycles. The Hall–Kier alpha value is -1.34. The van der Waals surface area contributed by atoms with Crippen molar-refractivity contribution in [1.29, 1.82) is 0 Å². The normalized spacial score (nSPS) is 16.3. The quantitative estimate of drug-likeness (QED) is 0.578. The lowest BCUT2D eigenvalue weighted by Gasteiger charge is -2.31. The first-order valence-electron chi connectivity index (χ1n) is 7.85. The van der Waals surface area contributed by atoms with E-state index in [0.717, 1.165) is 38.4 Å². The van der Waals surface area contributed by atoms with Crippen LogP contribution in [0.15, 0.2) is 16.0 Å². The first-order chi connectivity index (χ1) is 10.5. The summed E-state index contributed by atoms with van der Waals surface area (Å²) >= 11 is 1.31. The van der Waals surface area contributed by atoms with E-state index in [2.05, 4.69) is 16.9 Å². The van der Waals surface area contributed by atoms with Crippen LogP contribution in [-0.4, -0.2) is 59.3 Å². The maximum atomic E-state index is 12.2. The van der Waals surface area contributed by atoms with Gasteiger partial charge in [-0.25, -0.2) is 4.98 Å². The van der Waals surface area contributed by atoms with Crippen molar-refractivity contribution in [2.24, 2.45) is 0 Å². The second-order valence-corrected chi connectivity index (χ2v) is 6.87. The molecule has 1 amide bonds. The first kappa shape index (κ1) is 17.0. The highest BCUT2D eigenvalue weighted by molar-refractivity contribution is 7.99. The van der Waals surface area contributed by atoms with Crippen LogP contribution >= 0.6 is 11.8 Å². The van der Waals surface area contributed by atoms with E-state index in [1.54, 1.807) is 4.90 Å². The minimum absolute atomic E-state index is 0.123. The van der Waals surface area contributed by atoms with E-state index in [4.69, 9.17) is 0 Å². The standard InChI is InChI=1S/C15H24N4O2S/c1-4-18-5-7-19(8-6-18)14(21)10-22-15-16-12(11(2)3)9-13(20)17-15/h9,11H,4-8,10H2,1-3H3,(H,16,17,20)/p+1. The van der Waals surface area contributed by atoms with Crippen molar-refractivity contribution in [3.63, 3.8) is 0 Å². The topological polar surface area (TPSA) is 70.5 Å². The molecule has 0 aliphatic carbocycles. The second kappa shape index (κ2) is 7.78. The number of piperazine rings is 1. The average Bonchev–Trinajstić information content (AvgIpc) is 2.52. The number of likely N-dealkylation sites (N-methyl/N-ethyl adjacent to an activating group) is 1. The molecule has 2 N–H and O–H groups in total. The predicted octanol–water partition coefficient (Wildman–Crippen LogP) is -0.268. The molecule has 0 aromatic carbocycles. The highest BCUT2D eigenvalue weighted by Crippen LogP contribution is 2.15. The van der Waals surface area contributed by atoms with Crippen molar-refractivity contribution in [1.82, 2.24) is 14.9 Å². The van der Waals surface area contributed by atoms with E-state index in [0.29, 0.717) is 10.9 Å². The van der Waals surface area contributed by atoms with Crippen LogP contribution in [0, 0.1) is 0 Å². The van der Waals surface area contributed by atoms with Crippen LogP contribution in [0.25, 0.3) is 0 Å². The van der Waals surface area contributed by atoms with Gasteiger partial charge in [0.15, 0.2) is 5.16 Å². The molecule has 2 rings (SSSR count). The Labute approximate surface area is 135 Å².